The number of aryl methyl sites for hydroxylation is 1. The largest absolute Gasteiger partial charge is 0.475 e. The first kappa shape index (κ1) is 20.6. The lowest BCUT2D eigenvalue weighted by Crippen LogP contribution is -2.39. The highest BCUT2D eigenvalue weighted by molar-refractivity contribution is 6.28. The Hall–Kier alpha value is -2.68. The van der Waals surface area contributed by atoms with E-state index in [1.165, 1.54) is 10.8 Å². The standard InChI is InChI=1S/C17H22ClN5O4/c1-9-6-19-15(18)22-12(9)11-8-23(13(21-11)14(24)25)7-10(2)20-16(26)27-17(3,4)5/h6,8,10H,7H2,1-5H3,(H,20,26)(H,24,25). The summed E-state index contributed by atoms with van der Waals surface area (Å²) in [6.45, 7) is 8.98. The summed E-state index contributed by atoms with van der Waals surface area (Å²) in [4.78, 5) is 35.6. The average molecular weight is 396 g/mol. The molecule has 0 saturated carbocycles. The number of hydrogen-bond donors (Lipinski definition) is 2. The van der Waals surface area contributed by atoms with Crippen LogP contribution >= 0.6 is 11.6 Å². The highest BCUT2D eigenvalue weighted by Crippen LogP contribution is 2.22. The third-order valence-corrected chi connectivity index (χ3v) is 3.57. The van der Waals surface area contributed by atoms with Crippen LogP contribution in [0.1, 0.15) is 43.9 Å². The van der Waals surface area contributed by atoms with Gasteiger partial charge in [-0.15, -0.1) is 0 Å². The van der Waals surface area contributed by atoms with Crippen LogP contribution in [0.3, 0.4) is 0 Å². The molecule has 27 heavy (non-hydrogen) atoms. The maximum atomic E-state index is 11.9. The predicted molar refractivity (Wildman–Crippen MR) is 98.8 cm³/mol. The van der Waals surface area contributed by atoms with E-state index < -0.39 is 23.7 Å². The number of carbonyl (C=O) groups excluding carboxylic acids is 1. The molecule has 1 atom stereocenters. The number of nitrogens with zero attached hydrogens (tertiary/aromatic N) is 4. The molecule has 2 heterocycles. The van der Waals surface area contributed by atoms with Crippen molar-refractivity contribution in [2.24, 2.45) is 0 Å². The van der Waals surface area contributed by atoms with E-state index >= 15 is 0 Å². The maximum absolute atomic E-state index is 11.9. The van der Waals surface area contributed by atoms with Gasteiger partial charge in [0.05, 0.1) is 5.69 Å². The number of aromatic carboxylic acids is 1. The number of carboxylic acids is 1. The molecule has 0 aliphatic heterocycles. The molecule has 0 aliphatic carbocycles. The lowest BCUT2D eigenvalue weighted by atomic mass is 10.2. The first-order valence-corrected chi connectivity index (χ1v) is 8.63. The quantitative estimate of drug-likeness (QED) is 0.747. The zero-order valence-electron chi connectivity index (χ0n) is 15.8. The number of alkyl carbamates (subject to hydrolysis) is 1. The van der Waals surface area contributed by atoms with Crippen LogP contribution in [-0.2, 0) is 11.3 Å². The summed E-state index contributed by atoms with van der Waals surface area (Å²) < 4.78 is 6.64. The number of halogens is 1. The molecule has 1 amide bonds. The average Bonchev–Trinajstić information content (AvgIpc) is 2.91. The van der Waals surface area contributed by atoms with E-state index in [2.05, 4.69) is 20.3 Å². The Bertz CT molecular complexity index is 859. The Morgan fingerprint density at radius 1 is 1.37 bits per heavy atom. The van der Waals surface area contributed by atoms with Crippen LogP contribution in [0, 0.1) is 6.92 Å². The predicted octanol–water partition coefficient (Wildman–Crippen LogP) is 2.91. The number of imidazole rings is 1. The Kier molecular flexibility index (Phi) is 6.04. The van der Waals surface area contributed by atoms with E-state index in [-0.39, 0.29) is 17.7 Å². The number of aromatic nitrogens is 4. The zero-order chi connectivity index (χ0) is 20.4. The SMILES string of the molecule is Cc1cnc(Cl)nc1-c1cn(CC(C)NC(=O)OC(C)(C)C)c(C(=O)O)n1. The van der Waals surface area contributed by atoms with Crippen molar-refractivity contribution in [1.29, 1.82) is 0 Å². The Morgan fingerprint density at radius 2 is 2.04 bits per heavy atom. The normalized spacial score (nSPS) is 12.5. The topological polar surface area (TPSA) is 119 Å². The summed E-state index contributed by atoms with van der Waals surface area (Å²) in [6, 6.07) is -0.393. The highest BCUT2D eigenvalue weighted by Gasteiger charge is 2.21. The first-order chi connectivity index (χ1) is 12.5. The summed E-state index contributed by atoms with van der Waals surface area (Å²) >= 11 is 5.84. The molecule has 0 saturated heterocycles. The summed E-state index contributed by atoms with van der Waals surface area (Å²) in [6.07, 6.45) is 2.52. The fourth-order valence-corrected chi connectivity index (χ4v) is 2.50. The van der Waals surface area contributed by atoms with Crippen LogP contribution < -0.4 is 5.32 Å². The molecule has 2 N–H and O–H groups in total. The Morgan fingerprint density at radius 3 is 2.63 bits per heavy atom. The molecule has 2 aromatic heterocycles. The third-order valence-electron chi connectivity index (χ3n) is 3.39. The van der Waals surface area contributed by atoms with E-state index in [9.17, 15) is 14.7 Å². The second-order valence-corrected chi connectivity index (χ2v) is 7.46. The van der Waals surface area contributed by atoms with Crippen molar-refractivity contribution in [2.75, 3.05) is 0 Å². The van der Waals surface area contributed by atoms with Crippen LogP contribution in [0.4, 0.5) is 4.79 Å². The molecule has 10 heteroatoms. The van der Waals surface area contributed by atoms with Crippen LogP contribution in [0.5, 0.6) is 0 Å². The molecule has 2 rings (SSSR count). The molecular weight excluding hydrogens is 374 g/mol. The third kappa shape index (κ3) is 5.65. The smallest absolute Gasteiger partial charge is 0.407 e. The van der Waals surface area contributed by atoms with E-state index in [0.717, 1.165) is 0 Å². The van der Waals surface area contributed by atoms with Gasteiger partial charge in [0.1, 0.15) is 11.3 Å². The minimum atomic E-state index is -1.19. The van der Waals surface area contributed by atoms with Crippen molar-refractivity contribution < 1.29 is 19.4 Å². The van der Waals surface area contributed by atoms with Gasteiger partial charge in [0.25, 0.3) is 0 Å². The molecule has 0 bridgehead atoms. The minimum absolute atomic E-state index is 0.0435. The van der Waals surface area contributed by atoms with Gasteiger partial charge < -0.3 is 19.7 Å². The number of nitrogens with one attached hydrogen (secondary N) is 1. The van der Waals surface area contributed by atoms with Crippen molar-refractivity contribution in [2.45, 2.75) is 52.8 Å². The highest BCUT2D eigenvalue weighted by atomic mass is 35.5. The van der Waals surface area contributed by atoms with Crippen molar-refractivity contribution in [3.8, 4) is 11.4 Å². The molecule has 0 spiro atoms. The molecule has 2 aromatic rings. The zero-order valence-corrected chi connectivity index (χ0v) is 16.5. The first-order valence-electron chi connectivity index (χ1n) is 8.25. The van der Waals surface area contributed by atoms with Gasteiger partial charge in [0.15, 0.2) is 0 Å². The van der Waals surface area contributed by atoms with Crippen LogP contribution in [-0.4, -0.2) is 48.3 Å². The Balaban J connectivity index is 2.24. The molecular formula is C17H22ClN5O4. The van der Waals surface area contributed by atoms with Gasteiger partial charge in [-0.2, -0.15) is 0 Å². The van der Waals surface area contributed by atoms with E-state index in [0.29, 0.717) is 17.0 Å². The molecule has 0 aromatic carbocycles. The number of hydrogen-bond acceptors (Lipinski definition) is 6. The van der Waals surface area contributed by atoms with Crippen molar-refractivity contribution in [1.82, 2.24) is 24.8 Å². The van der Waals surface area contributed by atoms with Gasteiger partial charge in [-0.25, -0.2) is 24.5 Å². The van der Waals surface area contributed by atoms with Gasteiger partial charge in [-0.05, 0) is 51.8 Å². The number of amides is 1. The molecule has 0 aliphatic rings. The van der Waals surface area contributed by atoms with Gasteiger partial charge in [0.2, 0.25) is 11.1 Å². The molecule has 0 radical (unpaired) electrons. The second-order valence-electron chi connectivity index (χ2n) is 7.13. The Labute approximate surface area is 161 Å². The molecule has 146 valence electrons. The fourth-order valence-electron chi connectivity index (χ4n) is 2.37. The molecule has 0 fully saturated rings. The van der Waals surface area contributed by atoms with E-state index in [1.54, 1.807) is 40.8 Å². The van der Waals surface area contributed by atoms with Gasteiger partial charge >= 0.3 is 12.1 Å². The fraction of sp³-hybridized carbons (Fsp3) is 0.471. The molecule has 9 nitrogen and oxygen atoms in total. The summed E-state index contributed by atoms with van der Waals surface area (Å²) in [5, 5.41) is 12.2. The van der Waals surface area contributed by atoms with Gasteiger partial charge in [-0.1, -0.05) is 0 Å². The summed E-state index contributed by atoms with van der Waals surface area (Å²) in [7, 11) is 0. The number of carboxylic acid groups (broad SMARTS) is 1. The number of carbonyl (C=O) groups is 2. The van der Waals surface area contributed by atoms with Gasteiger partial charge in [0, 0.05) is 25.0 Å². The minimum Gasteiger partial charge on any atom is -0.475 e. The van der Waals surface area contributed by atoms with Gasteiger partial charge in [-0.3, -0.25) is 0 Å². The van der Waals surface area contributed by atoms with Crippen molar-refractivity contribution in [3.63, 3.8) is 0 Å². The summed E-state index contributed by atoms with van der Waals surface area (Å²) in [5.74, 6) is -1.36. The monoisotopic (exact) mass is 395 g/mol. The van der Waals surface area contributed by atoms with E-state index in [4.69, 9.17) is 16.3 Å². The number of ether oxygens (including phenoxy) is 1. The van der Waals surface area contributed by atoms with Crippen LogP contribution in [0.15, 0.2) is 12.4 Å². The van der Waals surface area contributed by atoms with Crippen LogP contribution in [0.25, 0.3) is 11.4 Å². The second kappa shape index (κ2) is 7.91. The summed E-state index contributed by atoms with van der Waals surface area (Å²) in [5.41, 5.74) is 0.894. The maximum Gasteiger partial charge on any atom is 0.407 e. The van der Waals surface area contributed by atoms with Crippen molar-refractivity contribution >= 4 is 23.7 Å². The number of rotatable bonds is 5. The van der Waals surface area contributed by atoms with E-state index in [1.807, 2.05) is 0 Å². The lowest BCUT2D eigenvalue weighted by molar-refractivity contribution is 0.0504. The molecule has 1 unspecified atom stereocenters. The van der Waals surface area contributed by atoms with Crippen LogP contribution in [0.2, 0.25) is 5.28 Å². The lowest BCUT2D eigenvalue weighted by Gasteiger charge is -2.22. The van der Waals surface area contributed by atoms with Crippen molar-refractivity contribution in [3.05, 3.63) is 29.1 Å².